The van der Waals surface area contributed by atoms with E-state index in [1.807, 2.05) is 0 Å². The van der Waals surface area contributed by atoms with Gasteiger partial charge in [0.05, 0.1) is 6.04 Å². The van der Waals surface area contributed by atoms with Crippen molar-refractivity contribution in [1.82, 2.24) is 20.9 Å². The zero-order valence-corrected chi connectivity index (χ0v) is 24.4. The van der Waals surface area contributed by atoms with E-state index in [0.29, 0.717) is 19.6 Å². The lowest BCUT2D eigenvalue weighted by atomic mass is 9.98. The average Bonchev–Trinajstić information content (AvgIpc) is 3.22. The molecule has 3 amide bonds. The zero-order chi connectivity index (χ0) is 29.6. The summed E-state index contributed by atoms with van der Waals surface area (Å²) in [5.41, 5.74) is 2.15. The number of aromatic nitrogens is 1. The van der Waals surface area contributed by atoms with E-state index in [1.54, 1.807) is 41.5 Å². The molecule has 0 spiro atoms. The van der Waals surface area contributed by atoms with Gasteiger partial charge >= 0.3 is 12.1 Å². The van der Waals surface area contributed by atoms with E-state index in [9.17, 15) is 19.2 Å². The Kier molecular flexibility index (Phi) is 10.4. The van der Waals surface area contributed by atoms with Crippen LogP contribution in [0.2, 0.25) is 0 Å². The first-order valence-corrected chi connectivity index (χ1v) is 13.3. The first kappa shape index (κ1) is 31.9. The van der Waals surface area contributed by atoms with Crippen molar-refractivity contribution in [2.75, 3.05) is 25.0 Å². The number of hydrogen-bond donors (Lipinski definition) is 5. The first-order chi connectivity index (χ1) is 17.9. The van der Waals surface area contributed by atoms with Crippen LogP contribution in [0.4, 0.5) is 9.93 Å². The van der Waals surface area contributed by atoms with Gasteiger partial charge in [-0.3, -0.25) is 14.9 Å². The smallest absolute Gasteiger partial charge is 0.413 e. The molecule has 1 fully saturated rings. The maximum absolute atomic E-state index is 13.3. The van der Waals surface area contributed by atoms with Crippen LogP contribution in [0.3, 0.4) is 0 Å². The standard InChI is InChI=1S/C24H39N7O7S/c1-22(2,3)36-19(34)24(7,8)38-31-16(14-12-39-20(28-14)30-21(35)37-23(4,5)6)18(33)29-15-13(27-17(15)32)11-26-10-9-25/h12-13,15,26H,9-11,25H2,1-8H3,(H,27,32)(H,29,33)(H,28,30,35)/t13-,15-/m0/s1. The number of ether oxygens (including phenoxy) is 2. The summed E-state index contributed by atoms with van der Waals surface area (Å²) in [6, 6.07) is -1.21. The molecule has 0 saturated carbocycles. The van der Waals surface area contributed by atoms with E-state index in [-0.39, 0.29) is 28.5 Å². The second kappa shape index (κ2) is 12.7. The average molecular weight is 570 g/mol. The number of esters is 1. The Bertz CT molecular complexity index is 1090. The predicted molar refractivity (Wildman–Crippen MR) is 145 cm³/mol. The molecule has 0 bridgehead atoms. The van der Waals surface area contributed by atoms with Gasteiger partial charge in [-0.2, -0.15) is 0 Å². The maximum Gasteiger partial charge on any atom is 0.413 e. The van der Waals surface area contributed by atoms with Crippen molar-refractivity contribution >= 4 is 46.1 Å². The Morgan fingerprint density at radius 2 is 1.74 bits per heavy atom. The van der Waals surface area contributed by atoms with Crippen LogP contribution in [0.1, 0.15) is 61.1 Å². The molecule has 2 atom stereocenters. The minimum Gasteiger partial charge on any atom is -0.457 e. The molecule has 1 aliphatic heterocycles. The third-order valence-electron chi connectivity index (χ3n) is 4.81. The van der Waals surface area contributed by atoms with Crippen molar-refractivity contribution < 1.29 is 33.5 Å². The number of thiazole rings is 1. The molecule has 1 aromatic rings. The minimum absolute atomic E-state index is 0.0427. The van der Waals surface area contributed by atoms with Gasteiger partial charge in [-0.1, -0.05) is 5.16 Å². The third kappa shape index (κ3) is 10.1. The molecule has 0 aromatic carbocycles. The summed E-state index contributed by atoms with van der Waals surface area (Å²) in [5, 5.41) is 16.5. The number of nitrogens with zero attached hydrogens (tertiary/aromatic N) is 2. The lowest BCUT2D eigenvalue weighted by Gasteiger charge is -2.37. The molecule has 15 heteroatoms. The van der Waals surface area contributed by atoms with E-state index in [4.69, 9.17) is 20.0 Å². The van der Waals surface area contributed by atoms with Gasteiger partial charge in [-0.25, -0.2) is 14.6 Å². The van der Waals surface area contributed by atoms with Crippen molar-refractivity contribution in [3.63, 3.8) is 0 Å². The van der Waals surface area contributed by atoms with Crippen LogP contribution in [0.25, 0.3) is 0 Å². The molecule has 1 aromatic heterocycles. The van der Waals surface area contributed by atoms with E-state index in [0.717, 1.165) is 11.3 Å². The number of nitrogens with one attached hydrogen (secondary N) is 4. The van der Waals surface area contributed by atoms with E-state index < -0.39 is 40.8 Å². The molecule has 0 aliphatic carbocycles. The van der Waals surface area contributed by atoms with Crippen LogP contribution >= 0.6 is 11.3 Å². The topological polar surface area (TPSA) is 195 Å². The van der Waals surface area contributed by atoms with Crippen LogP contribution in [-0.4, -0.2) is 83.1 Å². The highest BCUT2D eigenvalue weighted by atomic mass is 32.1. The molecule has 2 heterocycles. The molecule has 218 valence electrons. The van der Waals surface area contributed by atoms with Crippen LogP contribution in [0.5, 0.6) is 0 Å². The number of hydrogen-bond acceptors (Lipinski definition) is 12. The van der Waals surface area contributed by atoms with Gasteiger partial charge in [0.1, 0.15) is 22.9 Å². The van der Waals surface area contributed by atoms with E-state index in [1.165, 1.54) is 19.2 Å². The van der Waals surface area contributed by atoms with Crippen molar-refractivity contribution in [3.8, 4) is 0 Å². The fraction of sp³-hybridized carbons (Fsp3) is 0.667. The Morgan fingerprint density at radius 1 is 1.10 bits per heavy atom. The fourth-order valence-electron chi connectivity index (χ4n) is 2.98. The van der Waals surface area contributed by atoms with Crippen LogP contribution in [-0.2, 0) is 28.7 Å². The molecule has 1 aliphatic rings. The first-order valence-electron chi connectivity index (χ1n) is 12.4. The number of amides is 3. The SMILES string of the molecule is CC(C)(C)OC(=O)Nc1nc(C(=NOC(C)(C)C(=O)OC(C)(C)C)C(=O)N[C@@H]2C(=O)N[C@H]2CNCCN)cs1. The molecule has 0 unspecified atom stereocenters. The van der Waals surface area contributed by atoms with Gasteiger partial charge in [0, 0.05) is 25.0 Å². The number of β-lactam (4-membered cyclic amide) rings is 1. The zero-order valence-electron chi connectivity index (χ0n) is 23.6. The fourth-order valence-corrected chi connectivity index (χ4v) is 3.66. The van der Waals surface area contributed by atoms with Gasteiger partial charge in [0.15, 0.2) is 10.8 Å². The van der Waals surface area contributed by atoms with Crippen LogP contribution in [0.15, 0.2) is 10.5 Å². The van der Waals surface area contributed by atoms with Crippen LogP contribution < -0.4 is 27.0 Å². The molecule has 2 rings (SSSR count). The van der Waals surface area contributed by atoms with Gasteiger partial charge in [0.2, 0.25) is 11.5 Å². The van der Waals surface area contributed by atoms with Crippen molar-refractivity contribution in [2.45, 2.75) is 84.3 Å². The van der Waals surface area contributed by atoms with Crippen LogP contribution in [0, 0.1) is 0 Å². The minimum atomic E-state index is -1.56. The van der Waals surface area contributed by atoms with E-state index in [2.05, 4.69) is 31.4 Å². The Balaban J connectivity index is 2.28. The second-order valence-corrected chi connectivity index (χ2v) is 12.1. The molecule has 1 saturated heterocycles. The highest BCUT2D eigenvalue weighted by molar-refractivity contribution is 7.14. The van der Waals surface area contributed by atoms with Gasteiger partial charge in [-0.05, 0) is 55.4 Å². The quantitative estimate of drug-likeness (QED) is 0.0838. The summed E-state index contributed by atoms with van der Waals surface area (Å²) < 4.78 is 10.6. The van der Waals surface area contributed by atoms with Crippen molar-refractivity contribution in [1.29, 1.82) is 0 Å². The van der Waals surface area contributed by atoms with E-state index >= 15 is 0 Å². The Labute approximate surface area is 231 Å². The summed E-state index contributed by atoms with van der Waals surface area (Å²) in [6.07, 6.45) is -0.729. The second-order valence-electron chi connectivity index (χ2n) is 11.3. The number of carbonyl (C=O) groups excluding carboxylic acids is 4. The monoisotopic (exact) mass is 569 g/mol. The molecule has 6 N–H and O–H groups in total. The normalized spacial score (nSPS) is 18.0. The number of rotatable bonds is 11. The number of anilines is 1. The van der Waals surface area contributed by atoms with Gasteiger partial charge in [0.25, 0.3) is 5.91 Å². The molecule has 39 heavy (non-hydrogen) atoms. The summed E-state index contributed by atoms with van der Waals surface area (Å²) in [6.45, 7) is 14.5. The summed E-state index contributed by atoms with van der Waals surface area (Å²) in [4.78, 5) is 60.0. The Hall–Kier alpha value is -3.30. The number of nitrogens with two attached hydrogens (primary N) is 1. The largest absolute Gasteiger partial charge is 0.457 e. The molecule has 0 radical (unpaired) electrons. The highest BCUT2D eigenvalue weighted by Crippen LogP contribution is 2.21. The summed E-state index contributed by atoms with van der Waals surface area (Å²) >= 11 is 1.02. The molecule has 14 nitrogen and oxygen atoms in total. The number of oxime groups is 1. The van der Waals surface area contributed by atoms with Crippen molar-refractivity contribution in [2.24, 2.45) is 10.9 Å². The maximum atomic E-state index is 13.3. The highest BCUT2D eigenvalue weighted by Gasteiger charge is 2.41. The number of carbonyl (C=O) groups is 4. The van der Waals surface area contributed by atoms with Gasteiger partial charge < -0.3 is 36.0 Å². The summed E-state index contributed by atoms with van der Waals surface area (Å²) in [5.74, 6) is -1.84. The van der Waals surface area contributed by atoms with Crippen molar-refractivity contribution in [3.05, 3.63) is 11.1 Å². The Morgan fingerprint density at radius 3 is 2.31 bits per heavy atom. The molecular formula is C24H39N7O7S. The lowest BCUT2D eigenvalue weighted by Crippen LogP contribution is -2.72. The third-order valence-corrected chi connectivity index (χ3v) is 5.57. The lowest BCUT2D eigenvalue weighted by molar-refractivity contribution is -0.179. The molecular weight excluding hydrogens is 530 g/mol. The predicted octanol–water partition coefficient (Wildman–Crippen LogP) is 0.863. The van der Waals surface area contributed by atoms with Gasteiger partial charge in [-0.15, -0.1) is 11.3 Å². The summed E-state index contributed by atoms with van der Waals surface area (Å²) in [7, 11) is 0.